The van der Waals surface area contributed by atoms with Crippen molar-refractivity contribution in [3.05, 3.63) is 0 Å². The van der Waals surface area contributed by atoms with Crippen molar-refractivity contribution in [1.82, 2.24) is 10.2 Å². The number of hydrogen-bond acceptors (Lipinski definition) is 3. The molecule has 0 saturated carbocycles. The molecule has 3 heteroatoms. The van der Waals surface area contributed by atoms with Crippen LogP contribution in [0.1, 0.15) is 20.3 Å². The molecule has 0 bridgehead atoms. The highest BCUT2D eigenvalue weighted by Gasteiger charge is 2.19. The van der Waals surface area contributed by atoms with Crippen molar-refractivity contribution in [2.24, 2.45) is 0 Å². The molecular weight excluding hydrogens is 188 g/mol. The van der Waals surface area contributed by atoms with Crippen LogP contribution in [0.4, 0.5) is 0 Å². The van der Waals surface area contributed by atoms with Crippen molar-refractivity contribution in [3.63, 3.8) is 0 Å². The quantitative estimate of drug-likeness (QED) is 0.546. The molecule has 3 nitrogen and oxygen atoms in total. The summed E-state index contributed by atoms with van der Waals surface area (Å²) < 4.78 is 5.61. The Kier molecular flexibility index (Phi) is 5.70. The van der Waals surface area contributed by atoms with Gasteiger partial charge in [-0.15, -0.1) is 6.42 Å². The van der Waals surface area contributed by atoms with E-state index in [0.29, 0.717) is 18.7 Å². The Labute approximate surface area is 93.2 Å². The topological polar surface area (TPSA) is 24.5 Å². The maximum absolute atomic E-state index is 5.61. The van der Waals surface area contributed by atoms with Crippen LogP contribution in [0.3, 0.4) is 0 Å². The third kappa shape index (κ3) is 4.65. The lowest BCUT2D eigenvalue weighted by atomic mass is 10.2. The summed E-state index contributed by atoms with van der Waals surface area (Å²) in [4.78, 5) is 2.47. The Morgan fingerprint density at radius 2 is 2.47 bits per heavy atom. The van der Waals surface area contributed by atoms with Crippen LogP contribution in [0.5, 0.6) is 0 Å². The fourth-order valence-corrected chi connectivity index (χ4v) is 1.91. The summed E-state index contributed by atoms with van der Waals surface area (Å²) >= 11 is 0. The summed E-state index contributed by atoms with van der Waals surface area (Å²) in [7, 11) is 0. The van der Waals surface area contributed by atoms with E-state index < -0.39 is 0 Å². The first-order valence-electron chi connectivity index (χ1n) is 5.74. The molecule has 1 heterocycles. The van der Waals surface area contributed by atoms with Crippen molar-refractivity contribution in [2.45, 2.75) is 32.4 Å². The molecule has 0 amide bonds. The number of rotatable bonds is 4. The summed E-state index contributed by atoms with van der Waals surface area (Å²) in [6.45, 7) is 9.03. The highest BCUT2D eigenvalue weighted by molar-refractivity contribution is 4.87. The minimum Gasteiger partial charge on any atom is -0.377 e. The third-order valence-electron chi connectivity index (χ3n) is 2.77. The number of nitrogens with zero attached hydrogens (tertiary/aromatic N) is 1. The molecule has 15 heavy (non-hydrogen) atoms. The average molecular weight is 210 g/mol. The number of hydrogen-bond donors (Lipinski definition) is 1. The Morgan fingerprint density at radius 3 is 3.20 bits per heavy atom. The van der Waals surface area contributed by atoms with Crippen LogP contribution in [-0.4, -0.2) is 49.8 Å². The molecule has 0 aromatic heterocycles. The van der Waals surface area contributed by atoms with Crippen LogP contribution in [0.2, 0.25) is 0 Å². The van der Waals surface area contributed by atoms with Gasteiger partial charge in [0.25, 0.3) is 0 Å². The zero-order chi connectivity index (χ0) is 11.1. The Morgan fingerprint density at radius 1 is 1.67 bits per heavy atom. The molecule has 0 aliphatic carbocycles. The van der Waals surface area contributed by atoms with Gasteiger partial charge in [-0.3, -0.25) is 4.90 Å². The maximum atomic E-state index is 5.61. The van der Waals surface area contributed by atoms with Gasteiger partial charge in [-0.1, -0.05) is 5.92 Å². The van der Waals surface area contributed by atoms with E-state index in [1.165, 1.54) is 0 Å². The fraction of sp³-hybridized carbons (Fsp3) is 0.833. The lowest BCUT2D eigenvalue weighted by Crippen LogP contribution is -2.43. The molecule has 1 saturated heterocycles. The third-order valence-corrected chi connectivity index (χ3v) is 2.77. The summed E-state index contributed by atoms with van der Waals surface area (Å²) in [5, 5.41) is 3.25. The molecule has 0 radical (unpaired) electrons. The molecule has 0 aromatic rings. The van der Waals surface area contributed by atoms with E-state index in [4.69, 9.17) is 11.2 Å². The van der Waals surface area contributed by atoms with Crippen LogP contribution in [0, 0.1) is 12.3 Å². The fourth-order valence-electron chi connectivity index (χ4n) is 1.91. The first-order valence-corrected chi connectivity index (χ1v) is 5.74. The molecule has 1 N–H and O–H groups in total. The maximum Gasteiger partial charge on any atom is 0.0674 e. The SMILES string of the molecule is C#CCNCC(C)N1CCCOC(C)C1. The smallest absolute Gasteiger partial charge is 0.0674 e. The Hall–Kier alpha value is -0.560. The lowest BCUT2D eigenvalue weighted by Gasteiger charge is -2.28. The molecule has 1 rings (SSSR count). The van der Waals surface area contributed by atoms with Gasteiger partial charge in [-0.2, -0.15) is 0 Å². The predicted molar refractivity (Wildman–Crippen MR) is 62.8 cm³/mol. The molecule has 2 unspecified atom stereocenters. The molecular formula is C12H22N2O. The predicted octanol–water partition coefficient (Wildman–Crippen LogP) is 0.709. The van der Waals surface area contributed by atoms with Gasteiger partial charge in [0.1, 0.15) is 0 Å². The Balaban J connectivity index is 2.30. The first kappa shape index (κ1) is 12.5. The summed E-state index contributed by atoms with van der Waals surface area (Å²) in [5.41, 5.74) is 0. The molecule has 0 spiro atoms. The molecule has 86 valence electrons. The number of terminal acetylenes is 1. The van der Waals surface area contributed by atoms with Gasteiger partial charge in [0.2, 0.25) is 0 Å². The van der Waals surface area contributed by atoms with Crippen molar-refractivity contribution in [2.75, 3.05) is 32.8 Å². The Bertz CT molecular complexity index is 212. The second kappa shape index (κ2) is 6.84. The molecule has 1 aliphatic rings. The van der Waals surface area contributed by atoms with E-state index in [-0.39, 0.29) is 0 Å². The monoisotopic (exact) mass is 210 g/mol. The zero-order valence-corrected chi connectivity index (χ0v) is 9.83. The van der Waals surface area contributed by atoms with Gasteiger partial charge >= 0.3 is 0 Å². The van der Waals surface area contributed by atoms with E-state index in [1.54, 1.807) is 0 Å². The van der Waals surface area contributed by atoms with E-state index >= 15 is 0 Å². The van der Waals surface area contributed by atoms with Crippen LogP contribution in [0.15, 0.2) is 0 Å². The van der Waals surface area contributed by atoms with Crippen LogP contribution < -0.4 is 5.32 Å². The van der Waals surface area contributed by atoms with Gasteiger partial charge in [0.15, 0.2) is 0 Å². The van der Waals surface area contributed by atoms with Crippen LogP contribution in [-0.2, 0) is 4.74 Å². The lowest BCUT2D eigenvalue weighted by molar-refractivity contribution is 0.0621. The van der Waals surface area contributed by atoms with E-state index in [0.717, 1.165) is 32.7 Å². The van der Waals surface area contributed by atoms with E-state index in [1.807, 2.05) is 0 Å². The second-order valence-corrected chi connectivity index (χ2v) is 4.21. The van der Waals surface area contributed by atoms with Gasteiger partial charge in [-0.05, 0) is 20.3 Å². The highest BCUT2D eigenvalue weighted by atomic mass is 16.5. The largest absolute Gasteiger partial charge is 0.377 e. The van der Waals surface area contributed by atoms with E-state index in [2.05, 4.69) is 30.0 Å². The zero-order valence-electron chi connectivity index (χ0n) is 9.83. The van der Waals surface area contributed by atoms with Crippen molar-refractivity contribution in [3.8, 4) is 12.3 Å². The summed E-state index contributed by atoms with van der Waals surface area (Å²) in [6, 6.07) is 0.530. The van der Waals surface area contributed by atoms with Gasteiger partial charge < -0.3 is 10.1 Å². The number of ether oxygens (including phenoxy) is 1. The normalized spacial score (nSPS) is 25.5. The molecule has 1 aliphatic heterocycles. The van der Waals surface area contributed by atoms with Crippen molar-refractivity contribution < 1.29 is 4.74 Å². The van der Waals surface area contributed by atoms with Crippen molar-refractivity contribution in [1.29, 1.82) is 0 Å². The van der Waals surface area contributed by atoms with Crippen LogP contribution >= 0.6 is 0 Å². The highest BCUT2D eigenvalue weighted by Crippen LogP contribution is 2.08. The summed E-state index contributed by atoms with van der Waals surface area (Å²) in [6.07, 6.45) is 6.67. The van der Waals surface area contributed by atoms with Gasteiger partial charge in [0.05, 0.1) is 12.6 Å². The van der Waals surface area contributed by atoms with Crippen molar-refractivity contribution >= 4 is 0 Å². The standard InChI is InChI=1S/C12H22N2O/c1-4-6-13-9-11(2)14-7-5-8-15-12(3)10-14/h1,11-13H,5-10H2,2-3H3. The van der Waals surface area contributed by atoms with E-state index in [9.17, 15) is 0 Å². The summed E-state index contributed by atoms with van der Waals surface area (Å²) in [5.74, 6) is 2.59. The minimum absolute atomic E-state index is 0.350. The molecule has 2 atom stereocenters. The molecule has 1 fully saturated rings. The van der Waals surface area contributed by atoms with Gasteiger partial charge in [0, 0.05) is 32.3 Å². The minimum atomic E-state index is 0.350. The first-order chi connectivity index (χ1) is 7.24. The number of nitrogens with one attached hydrogen (secondary N) is 1. The van der Waals surface area contributed by atoms with Crippen LogP contribution in [0.25, 0.3) is 0 Å². The second-order valence-electron chi connectivity index (χ2n) is 4.21. The molecule has 0 aromatic carbocycles. The van der Waals surface area contributed by atoms with Gasteiger partial charge in [-0.25, -0.2) is 0 Å². The average Bonchev–Trinajstić information content (AvgIpc) is 2.43.